The summed E-state index contributed by atoms with van der Waals surface area (Å²) in [4.78, 5) is 17.2. The molecule has 8 heteroatoms. The standard InChI is InChI=1S/C18H17N5OS2/c1-10-3-5-11(6-4-10)22-15(24)14-12-7-8-21(2)9-13(12)26-16(14)23-17(22)19-20-18(23)25/h3-6H,7-9H2,1-2H3,(H,20,25)/p+1. The average Bonchev–Trinajstić information content (AvgIpc) is 3.17. The number of likely N-dealkylation sites (N-methyl/N-ethyl adjacent to an activating group) is 1. The molecule has 132 valence electrons. The highest BCUT2D eigenvalue weighted by molar-refractivity contribution is 7.71. The van der Waals surface area contributed by atoms with Gasteiger partial charge in [0.05, 0.1) is 29.5 Å². The molecule has 1 aliphatic heterocycles. The molecule has 2 N–H and O–H groups in total. The van der Waals surface area contributed by atoms with E-state index in [9.17, 15) is 4.79 Å². The molecule has 0 fully saturated rings. The van der Waals surface area contributed by atoms with Gasteiger partial charge in [-0.25, -0.2) is 14.1 Å². The first-order valence-corrected chi connectivity index (χ1v) is 9.82. The summed E-state index contributed by atoms with van der Waals surface area (Å²) < 4.78 is 4.10. The van der Waals surface area contributed by atoms with E-state index >= 15 is 0 Å². The highest BCUT2D eigenvalue weighted by Crippen LogP contribution is 2.31. The van der Waals surface area contributed by atoms with Crippen LogP contribution in [0.15, 0.2) is 29.1 Å². The minimum Gasteiger partial charge on any atom is -0.333 e. The number of thiophene rings is 1. The molecular weight excluding hydrogens is 366 g/mol. The Balaban J connectivity index is 1.96. The lowest BCUT2D eigenvalue weighted by atomic mass is 10.1. The van der Waals surface area contributed by atoms with Gasteiger partial charge in [-0.2, -0.15) is 0 Å². The Labute approximate surface area is 158 Å². The second-order valence-corrected chi connectivity index (χ2v) is 8.43. The quantitative estimate of drug-likeness (QED) is 0.491. The van der Waals surface area contributed by atoms with E-state index in [1.165, 1.54) is 15.3 Å². The number of benzene rings is 1. The number of H-pyrrole nitrogens is 1. The SMILES string of the molecule is Cc1ccc(-n2c(=O)c3c4c(sc3n3c(=S)[nH]nc23)C[NH+](C)CC4)cc1. The topological polar surface area (TPSA) is 59.5 Å². The smallest absolute Gasteiger partial charge is 0.268 e. The van der Waals surface area contributed by atoms with Crippen molar-refractivity contribution in [2.24, 2.45) is 0 Å². The van der Waals surface area contributed by atoms with Crippen LogP contribution in [-0.4, -0.2) is 32.8 Å². The normalized spacial score (nSPS) is 17.1. The number of nitrogens with one attached hydrogen (secondary N) is 2. The van der Waals surface area contributed by atoms with Crippen molar-refractivity contribution in [3.63, 3.8) is 0 Å². The number of aromatic nitrogens is 4. The molecule has 4 aromatic rings. The van der Waals surface area contributed by atoms with E-state index in [0.29, 0.717) is 10.5 Å². The van der Waals surface area contributed by atoms with Crippen LogP contribution < -0.4 is 10.5 Å². The lowest BCUT2D eigenvalue weighted by Crippen LogP contribution is -3.08. The van der Waals surface area contributed by atoms with Crippen LogP contribution in [0.3, 0.4) is 0 Å². The molecule has 1 unspecified atom stereocenters. The molecule has 0 bridgehead atoms. The van der Waals surface area contributed by atoms with Crippen LogP contribution in [-0.2, 0) is 13.0 Å². The van der Waals surface area contributed by atoms with Gasteiger partial charge in [0.15, 0.2) is 0 Å². The van der Waals surface area contributed by atoms with E-state index in [2.05, 4.69) is 17.2 Å². The van der Waals surface area contributed by atoms with Gasteiger partial charge in [0.2, 0.25) is 10.5 Å². The third-order valence-electron chi connectivity index (χ3n) is 5.10. The maximum absolute atomic E-state index is 13.5. The lowest BCUT2D eigenvalue weighted by molar-refractivity contribution is -0.895. The number of rotatable bonds is 1. The molecule has 0 saturated carbocycles. The first-order chi connectivity index (χ1) is 12.5. The van der Waals surface area contributed by atoms with E-state index in [1.54, 1.807) is 15.9 Å². The van der Waals surface area contributed by atoms with Crippen molar-refractivity contribution in [1.82, 2.24) is 19.2 Å². The molecule has 1 atom stereocenters. The maximum Gasteiger partial charge on any atom is 0.268 e. The Bertz CT molecular complexity index is 1280. The average molecular weight is 385 g/mol. The van der Waals surface area contributed by atoms with E-state index in [1.807, 2.05) is 35.6 Å². The molecule has 0 spiro atoms. The second-order valence-electron chi connectivity index (χ2n) is 6.96. The maximum atomic E-state index is 13.5. The van der Waals surface area contributed by atoms with Gasteiger partial charge in [0, 0.05) is 6.42 Å². The summed E-state index contributed by atoms with van der Waals surface area (Å²) in [5.41, 5.74) is 3.13. The zero-order valence-electron chi connectivity index (χ0n) is 14.5. The Kier molecular flexibility index (Phi) is 3.43. The Morgan fingerprint density at radius 2 is 2.08 bits per heavy atom. The van der Waals surface area contributed by atoms with Crippen LogP contribution in [0.5, 0.6) is 0 Å². The van der Waals surface area contributed by atoms with Crippen LogP contribution in [0.2, 0.25) is 0 Å². The molecule has 1 aliphatic rings. The Morgan fingerprint density at radius 1 is 1.31 bits per heavy atom. The lowest BCUT2D eigenvalue weighted by Gasteiger charge is -2.19. The van der Waals surface area contributed by atoms with E-state index in [0.717, 1.165) is 41.0 Å². The summed E-state index contributed by atoms with van der Waals surface area (Å²) in [7, 11) is 2.19. The fraction of sp³-hybridized carbons (Fsp3) is 0.278. The largest absolute Gasteiger partial charge is 0.333 e. The van der Waals surface area contributed by atoms with Crippen molar-refractivity contribution in [1.29, 1.82) is 0 Å². The van der Waals surface area contributed by atoms with Crippen molar-refractivity contribution in [2.45, 2.75) is 19.9 Å². The summed E-state index contributed by atoms with van der Waals surface area (Å²) >= 11 is 7.16. The second kappa shape index (κ2) is 5.60. The zero-order valence-corrected chi connectivity index (χ0v) is 16.1. The number of aryl methyl sites for hydroxylation is 1. The minimum atomic E-state index is -0.0117. The summed E-state index contributed by atoms with van der Waals surface area (Å²) in [5.74, 6) is 0.538. The van der Waals surface area contributed by atoms with Gasteiger partial charge < -0.3 is 4.90 Å². The molecule has 4 heterocycles. The number of fused-ring (bicyclic) bond motifs is 5. The summed E-state index contributed by atoms with van der Waals surface area (Å²) in [5, 5.41) is 8.02. The first-order valence-electron chi connectivity index (χ1n) is 8.59. The summed E-state index contributed by atoms with van der Waals surface area (Å²) in [6, 6.07) is 7.92. The van der Waals surface area contributed by atoms with Crippen molar-refractivity contribution < 1.29 is 4.90 Å². The minimum absolute atomic E-state index is 0.0117. The van der Waals surface area contributed by atoms with E-state index in [4.69, 9.17) is 12.2 Å². The van der Waals surface area contributed by atoms with Crippen molar-refractivity contribution in [2.75, 3.05) is 13.6 Å². The molecular formula is C18H18N5OS2+. The monoisotopic (exact) mass is 384 g/mol. The molecule has 3 aromatic heterocycles. The van der Waals surface area contributed by atoms with Gasteiger partial charge in [0.25, 0.3) is 5.56 Å². The van der Waals surface area contributed by atoms with Gasteiger partial charge in [0.1, 0.15) is 11.4 Å². The van der Waals surface area contributed by atoms with Crippen molar-refractivity contribution in [3.8, 4) is 5.69 Å². The number of hydrogen-bond acceptors (Lipinski definition) is 4. The first kappa shape index (κ1) is 15.9. The molecule has 0 aliphatic carbocycles. The number of hydrogen-bond donors (Lipinski definition) is 2. The van der Waals surface area contributed by atoms with Crippen molar-refractivity contribution in [3.05, 3.63) is 55.4 Å². The predicted molar refractivity (Wildman–Crippen MR) is 105 cm³/mol. The Hall–Kier alpha value is -2.29. The molecule has 1 aromatic carbocycles. The molecule has 5 rings (SSSR count). The molecule has 0 saturated heterocycles. The number of aromatic amines is 1. The third kappa shape index (κ3) is 2.16. The summed E-state index contributed by atoms with van der Waals surface area (Å²) in [6.07, 6.45) is 0.918. The van der Waals surface area contributed by atoms with Crippen LogP contribution >= 0.6 is 23.6 Å². The molecule has 26 heavy (non-hydrogen) atoms. The third-order valence-corrected chi connectivity index (χ3v) is 6.59. The van der Waals surface area contributed by atoms with Gasteiger partial charge in [-0.3, -0.25) is 4.79 Å². The van der Waals surface area contributed by atoms with Gasteiger partial charge in [-0.05, 0) is 36.8 Å². The van der Waals surface area contributed by atoms with Crippen LogP contribution in [0, 0.1) is 11.7 Å². The number of quaternary nitrogens is 1. The summed E-state index contributed by atoms with van der Waals surface area (Å²) in [6.45, 7) is 4.02. The molecule has 6 nitrogen and oxygen atoms in total. The van der Waals surface area contributed by atoms with E-state index < -0.39 is 0 Å². The highest BCUT2D eigenvalue weighted by Gasteiger charge is 2.27. The molecule has 0 amide bonds. The fourth-order valence-corrected chi connectivity index (χ4v) is 5.47. The zero-order chi connectivity index (χ0) is 18.0. The fourth-order valence-electron chi connectivity index (χ4n) is 3.73. The van der Waals surface area contributed by atoms with Crippen LogP contribution in [0.4, 0.5) is 0 Å². The van der Waals surface area contributed by atoms with Gasteiger partial charge >= 0.3 is 0 Å². The van der Waals surface area contributed by atoms with Gasteiger partial charge in [-0.1, -0.05) is 17.7 Å². The molecule has 0 radical (unpaired) electrons. The van der Waals surface area contributed by atoms with Gasteiger partial charge in [-0.15, -0.1) is 16.4 Å². The van der Waals surface area contributed by atoms with Crippen LogP contribution in [0.25, 0.3) is 21.7 Å². The van der Waals surface area contributed by atoms with Crippen LogP contribution in [0.1, 0.15) is 16.0 Å². The van der Waals surface area contributed by atoms with E-state index in [-0.39, 0.29) is 5.56 Å². The number of nitrogens with zero attached hydrogens (tertiary/aromatic N) is 3. The van der Waals surface area contributed by atoms with Crippen molar-refractivity contribution >= 4 is 39.5 Å². The Morgan fingerprint density at radius 3 is 2.85 bits per heavy atom. The highest BCUT2D eigenvalue weighted by atomic mass is 32.1. The predicted octanol–water partition coefficient (Wildman–Crippen LogP) is 1.64.